The highest BCUT2D eigenvalue weighted by Gasteiger charge is 2.39. The lowest BCUT2D eigenvalue weighted by atomic mass is 9.97. The molecule has 4 heterocycles. The summed E-state index contributed by atoms with van der Waals surface area (Å²) in [5.41, 5.74) is 4.29. The number of halogens is 3. The summed E-state index contributed by atoms with van der Waals surface area (Å²) < 4.78 is 44.9. The van der Waals surface area contributed by atoms with Gasteiger partial charge in [-0.1, -0.05) is 6.08 Å². The number of aryl methyl sites for hydroxylation is 2. The summed E-state index contributed by atoms with van der Waals surface area (Å²) >= 11 is 0. The SMILES string of the molecule is Cc1c2c(nn1C)CN(C(C)C)C(=O)CCCn1cc(c(C(F)(F)F)n1)C1=CCc3ncc-2cc31. The second-order valence-corrected chi connectivity index (χ2v) is 9.44. The Morgan fingerprint density at radius 1 is 1.11 bits per heavy atom. The van der Waals surface area contributed by atoms with Crippen LogP contribution in [0.4, 0.5) is 13.2 Å². The van der Waals surface area contributed by atoms with Crippen LogP contribution in [0.25, 0.3) is 16.7 Å². The number of rotatable bonds is 1. The second-order valence-electron chi connectivity index (χ2n) is 9.44. The fourth-order valence-corrected chi connectivity index (χ4v) is 4.95. The maximum atomic E-state index is 14.0. The molecule has 0 spiro atoms. The molecule has 0 aromatic carbocycles. The number of amides is 1. The van der Waals surface area contributed by atoms with Crippen LogP contribution in [0.2, 0.25) is 0 Å². The molecular weight excluding hydrogens is 457 g/mol. The van der Waals surface area contributed by atoms with E-state index < -0.39 is 11.9 Å². The third-order valence-corrected chi connectivity index (χ3v) is 6.82. The Balaban J connectivity index is 1.72. The fourth-order valence-electron chi connectivity index (χ4n) is 4.95. The van der Waals surface area contributed by atoms with Crippen molar-refractivity contribution in [2.75, 3.05) is 0 Å². The van der Waals surface area contributed by atoms with E-state index in [1.54, 1.807) is 21.9 Å². The molecule has 35 heavy (non-hydrogen) atoms. The van der Waals surface area contributed by atoms with Gasteiger partial charge in [-0.05, 0) is 38.8 Å². The van der Waals surface area contributed by atoms with Crippen molar-refractivity contribution in [3.63, 3.8) is 0 Å². The first kappa shape index (κ1) is 23.3. The number of nitrogens with zero attached hydrogens (tertiary/aromatic N) is 6. The number of aromatic nitrogens is 5. The first-order chi connectivity index (χ1) is 16.5. The molecule has 1 amide bonds. The molecule has 0 atom stereocenters. The number of carbonyl (C=O) groups excluding carboxylic acids is 1. The van der Waals surface area contributed by atoms with Crippen LogP contribution in [0.1, 0.15) is 60.6 Å². The molecule has 1 aliphatic carbocycles. The highest BCUT2D eigenvalue weighted by atomic mass is 19.4. The largest absolute Gasteiger partial charge is 0.435 e. The summed E-state index contributed by atoms with van der Waals surface area (Å²) in [6.07, 6.45) is 1.43. The highest BCUT2D eigenvalue weighted by Crippen LogP contribution is 2.41. The zero-order chi connectivity index (χ0) is 25.1. The molecule has 4 bridgehead atoms. The van der Waals surface area contributed by atoms with E-state index >= 15 is 0 Å². The van der Waals surface area contributed by atoms with E-state index in [9.17, 15) is 18.0 Å². The average Bonchev–Trinajstić information content (AvgIpc) is 3.46. The van der Waals surface area contributed by atoms with Crippen LogP contribution in [0.15, 0.2) is 24.5 Å². The van der Waals surface area contributed by atoms with Crippen LogP contribution in [-0.4, -0.2) is 41.4 Å². The van der Waals surface area contributed by atoms with Crippen molar-refractivity contribution in [1.82, 2.24) is 29.4 Å². The third-order valence-electron chi connectivity index (χ3n) is 6.82. The molecule has 5 rings (SSSR count). The van der Waals surface area contributed by atoms with Crippen molar-refractivity contribution in [1.29, 1.82) is 0 Å². The Kier molecular flexibility index (Phi) is 5.56. The zero-order valence-electron chi connectivity index (χ0n) is 20.1. The summed E-state index contributed by atoms with van der Waals surface area (Å²) in [6, 6.07) is 1.84. The minimum Gasteiger partial charge on any atom is -0.334 e. The van der Waals surface area contributed by atoms with Crippen molar-refractivity contribution < 1.29 is 18.0 Å². The van der Waals surface area contributed by atoms with Crippen molar-refractivity contribution in [3.8, 4) is 11.1 Å². The molecule has 0 N–H and O–H groups in total. The molecule has 0 saturated heterocycles. The fraction of sp³-hybridized carbons (Fsp3) is 0.440. The van der Waals surface area contributed by atoms with Gasteiger partial charge in [0.2, 0.25) is 5.91 Å². The van der Waals surface area contributed by atoms with Gasteiger partial charge in [0.25, 0.3) is 0 Å². The van der Waals surface area contributed by atoms with Crippen molar-refractivity contribution in [3.05, 3.63) is 58.4 Å². The molecule has 3 aromatic heterocycles. The van der Waals surface area contributed by atoms with E-state index in [1.165, 1.54) is 10.9 Å². The Bertz CT molecular complexity index is 1350. The molecule has 2 aliphatic rings. The normalized spacial score (nSPS) is 16.3. The molecule has 0 saturated carbocycles. The molecule has 7 nitrogen and oxygen atoms in total. The number of hydrogen-bond donors (Lipinski definition) is 0. The Morgan fingerprint density at radius 3 is 2.60 bits per heavy atom. The van der Waals surface area contributed by atoms with Crippen LogP contribution in [0.3, 0.4) is 0 Å². The van der Waals surface area contributed by atoms with Crippen molar-refractivity contribution in [2.24, 2.45) is 7.05 Å². The lowest BCUT2D eigenvalue weighted by Crippen LogP contribution is -2.36. The first-order valence-electron chi connectivity index (χ1n) is 11.7. The number of pyridine rings is 1. The van der Waals surface area contributed by atoms with Gasteiger partial charge in [-0.25, -0.2) is 0 Å². The van der Waals surface area contributed by atoms with Gasteiger partial charge in [-0.15, -0.1) is 0 Å². The van der Waals surface area contributed by atoms with Gasteiger partial charge in [-0.3, -0.25) is 19.1 Å². The van der Waals surface area contributed by atoms with Gasteiger partial charge in [0.05, 0.1) is 17.9 Å². The Morgan fingerprint density at radius 2 is 1.89 bits per heavy atom. The molecule has 0 radical (unpaired) electrons. The van der Waals surface area contributed by atoms with E-state index in [-0.39, 0.29) is 30.5 Å². The number of allylic oxidation sites excluding steroid dienone is 1. The summed E-state index contributed by atoms with van der Waals surface area (Å²) in [5, 5.41) is 8.57. The summed E-state index contributed by atoms with van der Waals surface area (Å²) in [5.74, 6) is -0.0663. The van der Waals surface area contributed by atoms with Crippen LogP contribution in [-0.2, 0) is 37.5 Å². The van der Waals surface area contributed by atoms with Crippen LogP contribution in [0, 0.1) is 6.92 Å². The van der Waals surface area contributed by atoms with Gasteiger partial charge in [0.15, 0.2) is 5.69 Å². The summed E-state index contributed by atoms with van der Waals surface area (Å²) in [6.45, 7) is 6.40. The predicted molar refractivity (Wildman–Crippen MR) is 124 cm³/mol. The number of carbonyl (C=O) groups is 1. The van der Waals surface area contributed by atoms with E-state index in [0.717, 1.165) is 28.2 Å². The molecule has 10 heteroatoms. The first-order valence-corrected chi connectivity index (χ1v) is 11.7. The smallest absolute Gasteiger partial charge is 0.334 e. The Labute approximate surface area is 201 Å². The van der Waals surface area contributed by atoms with Gasteiger partial charge >= 0.3 is 6.18 Å². The monoisotopic (exact) mass is 484 g/mol. The average molecular weight is 485 g/mol. The van der Waals surface area contributed by atoms with Gasteiger partial charge in [-0.2, -0.15) is 23.4 Å². The van der Waals surface area contributed by atoms with Gasteiger partial charge < -0.3 is 4.90 Å². The third kappa shape index (κ3) is 4.04. The summed E-state index contributed by atoms with van der Waals surface area (Å²) in [7, 11) is 1.85. The maximum absolute atomic E-state index is 14.0. The van der Waals surface area contributed by atoms with E-state index in [0.29, 0.717) is 30.5 Å². The van der Waals surface area contributed by atoms with Gasteiger partial charge in [0, 0.05) is 72.8 Å². The number of fused-ring (bicyclic) bond motifs is 6. The van der Waals surface area contributed by atoms with Gasteiger partial charge in [0.1, 0.15) is 0 Å². The molecule has 184 valence electrons. The quantitative estimate of drug-likeness (QED) is 0.509. The minimum atomic E-state index is -4.60. The minimum absolute atomic E-state index is 0.0448. The van der Waals surface area contributed by atoms with E-state index in [4.69, 9.17) is 5.10 Å². The van der Waals surface area contributed by atoms with E-state index in [2.05, 4.69) is 10.1 Å². The molecule has 0 fully saturated rings. The molecule has 1 aliphatic heterocycles. The predicted octanol–water partition coefficient (Wildman–Crippen LogP) is 4.52. The van der Waals surface area contributed by atoms with Crippen LogP contribution < -0.4 is 0 Å². The Hall–Kier alpha value is -3.43. The maximum Gasteiger partial charge on any atom is 0.435 e. The van der Waals surface area contributed by atoms with Crippen LogP contribution >= 0.6 is 0 Å². The molecule has 3 aromatic rings. The van der Waals surface area contributed by atoms with Crippen molar-refractivity contribution in [2.45, 2.75) is 65.3 Å². The number of alkyl halides is 3. The van der Waals surface area contributed by atoms with Crippen molar-refractivity contribution >= 4 is 11.5 Å². The number of hydrogen-bond acceptors (Lipinski definition) is 4. The standard InChI is InChI=1S/C25H27F3N6O/c1-14(2)34-13-21-23(15(3)32(4)30-21)16-10-18-17(7-8-20(18)29-11-16)19-12-33(9-5-6-22(34)35)31-24(19)25(26,27)28/h7,10-12,14H,5-6,8-9,13H2,1-4H3. The topological polar surface area (TPSA) is 68.8 Å². The lowest BCUT2D eigenvalue weighted by Gasteiger charge is -2.26. The van der Waals surface area contributed by atoms with E-state index in [1.807, 2.05) is 33.9 Å². The lowest BCUT2D eigenvalue weighted by molar-refractivity contribution is -0.141. The highest BCUT2D eigenvalue weighted by molar-refractivity contribution is 5.87. The molecule has 0 unspecified atom stereocenters. The summed E-state index contributed by atoms with van der Waals surface area (Å²) in [4.78, 5) is 19.5. The second kappa shape index (κ2) is 8.35. The van der Waals surface area contributed by atoms with Crippen LogP contribution in [0.5, 0.6) is 0 Å². The zero-order valence-corrected chi connectivity index (χ0v) is 20.1. The molecular formula is C25H27F3N6O.